The Hall–Kier alpha value is -1.75. The van der Waals surface area contributed by atoms with E-state index >= 15 is 0 Å². The highest BCUT2D eigenvalue weighted by atomic mass is 16.2. The molecule has 3 N–H and O–H groups in total. The van der Waals surface area contributed by atoms with Gasteiger partial charge >= 0.3 is 6.03 Å². The first kappa shape index (κ1) is 13.7. The summed E-state index contributed by atoms with van der Waals surface area (Å²) in [6.07, 6.45) is 0. The fourth-order valence-electron chi connectivity index (χ4n) is 2.26. The minimum absolute atomic E-state index is 0.0472. The van der Waals surface area contributed by atoms with Crippen molar-refractivity contribution >= 4 is 17.4 Å². The maximum Gasteiger partial charge on any atom is 0.321 e. The number of anilines is 2. The van der Waals surface area contributed by atoms with Crippen LogP contribution in [0.15, 0.2) is 24.3 Å². The second-order valence-electron chi connectivity index (χ2n) is 5.17. The van der Waals surface area contributed by atoms with Gasteiger partial charge in [0.1, 0.15) is 0 Å². The van der Waals surface area contributed by atoms with Gasteiger partial charge in [-0.05, 0) is 32.0 Å². The Morgan fingerprint density at radius 3 is 2.53 bits per heavy atom. The molecule has 0 radical (unpaired) electrons. The molecular formula is C14H22N4O. The Morgan fingerprint density at radius 2 is 1.95 bits per heavy atom. The number of nitrogens with one attached hydrogen (secondary N) is 1. The van der Waals surface area contributed by atoms with E-state index in [1.165, 1.54) is 0 Å². The van der Waals surface area contributed by atoms with E-state index in [-0.39, 0.29) is 6.03 Å². The Kier molecular flexibility index (Phi) is 4.27. The number of carbonyl (C=O) groups is 1. The van der Waals surface area contributed by atoms with Crippen molar-refractivity contribution < 1.29 is 4.79 Å². The SMILES string of the molecule is CC(C)N1CCN(C(=O)Nc2cccc(N)c2)CC1. The lowest BCUT2D eigenvalue weighted by atomic mass is 10.2. The minimum Gasteiger partial charge on any atom is -0.399 e. The van der Waals surface area contributed by atoms with E-state index < -0.39 is 0 Å². The van der Waals surface area contributed by atoms with Crippen molar-refractivity contribution in [2.75, 3.05) is 37.2 Å². The highest BCUT2D eigenvalue weighted by molar-refractivity contribution is 5.89. The van der Waals surface area contributed by atoms with Crippen molar-refractivity contribution in [1.29, 1.82) is 0 Å². The predicted molar refractivity (Wildman–Crippen MR) is 78.2 cm³/mol. The van der Waals surface area contributed by atoms with Crippen molar-refractivity contribution in [2.24, 2.45) is 0 Å². The zero-order chi connectivity index (χ0) is 13.8. The zero-order valence-electron chi connectivity index (χ0n) is 11.6. The molecule has 1 aliphatic heterocycles. The molecule has 0 spiro atoms. The van der Waals surface area contributed by atoms with Gasteiger partial charge in [0.05, 0.1) is 0 Å². The second kappa shape index (κ2) is 5.93. The number of nitrogen functional groups attached to an aromatic ring is 1. The molecule has 1 heterocycles. The maximum absolute atomic E-state index is 12.1. The van der Waals surface area contributed by atoms with Crippen molar-refractivity contribution in [1.82, 2.24) is 9.80 Å². The maximum atomic E-state index is 12.1. The molecule has 1 saturated heterocycles. The number of amides is 2. The lowest BCUT2D eigenvalue weighted by Crippen LogP contribution is -2.51. The second-order valence-corrected chi connectivity index (χ2v) is 5.17. The smallest absolute Gasteiger partial charge is 0.321 e. The van der Waals surface area contributed by atoms with E-state index in [0.29, 0.717) is 11.7 Å². The number of nitrogens with two attached hydrogens (primary N) is 1. The highest BCUT2D eigenvalue weighted by Gasteiger charge is 2.22. The number of urea groups is 1. The van der Waals surface area contributed by atoms with Crippen molar-refractivity contribution in [3.8, 4) is 0 Å². The molecule has 0 unspecified atom stereocenters. The summed E-state index contributed by atoms with van der Waals surface area (Å²) in [5, 5.41) is 2.88. The summed E-state index contributed by atoms with van der Waals surface area (Å²) < 4.78 is 0. The van der Waals surface area contributed by atoms with Crippen LogP contribution in [0.3, 0.4) is 0 Å². The molecule has 1 fully saturated rings. The third kappa shape index (κ3) is 3.61. The summed E-state index contributed by atoms with van der Waals surface area (Å²) in [5.41, 5.74) is 7.09. The fraction of sp³-hybridized carbons (Fsp3) is 0.500. The van der Waals surface area contributed by atoms with Crippen LogP contribution in [0, 0.1) is 0 Å². The van der Waals surface area contributed by atoms with Crippen LogP contribution in [0.5, 0.6) is 0 Å². The number of carbonyl (C=O) groups excluding carboxylic acids is 1. The van der Waals surface area contributed by atoms with Crippen LogP contribution in [0.25, 0.3) is 0 Å². The van der Waals surface area contributed by atoms with E-state index in [9.17, 15) is 4.79 Å². The average Bonchev–Trinajstić information content (AvgIpc) is 2.39. The van der Waals surface area contributed by atoms with Crippen LogP contribution in [-0.4, -0.2) is 48.1 Å². The monoisotopic (exact) mass is 262 g/mol. The molecular weight excluding hydrogens is 240 g/mol. The minimum atomic E-state index is -0.0472. The normalized spacial score (nSPS) is 16.7. The summed E-state index contributed by atoms with van der Waals surface area (Å²) >= 11 is 0. The molecule has 5 heteroatoms. The predicted octanol–water partition coefficient (Wildman–Crippen LogP) is 1.83. The van der Waals surface area contributed by atoms with Gasteiger partial charge < -0.3 is 16.0 Å². The highest BCUT2D eigenvalue weighted by Crippen LogP contribution is 2.13. The van der Waals surface area contributed by atoms with Crippen LogP contribution < -0.4 is 11.1 Å². The number of piperazine rings is 1. The van der Waals surface area contributed by atoms with E-state index in [4.69, 9.17) is 5.73 Å². The Bertz CT molecular complexity index is 439. The van der Waals surface area contributed by atoms with Crippen LogP contribution in [0.4, 0.5) is 16.2 Å². The topological polar surface area (TPSA) is 61.6 Å². The largest absolute Gasteiger partial charge is 0.399 e. The molecule has 104 valence electrons. The van der Waals surface area contributed by atoms with Crippen molar-refractivity contribution in [3.63, 3.8) is 0 Å². The summed E-state index contributed by atoms with van der Waals surface area (Å²) in [7, 11) is 0. The molecule has 0 saturated carbocycles. The molecule has 2 rings (SSSR count). The number of hydrogen-bond acceptors (Lipinski definition) is 3. The fourth-order valence-corrected chi connectivity index (χ4v) is 2.26. The zero-order valence-corrected chi connectivity index (χ0v) is 11.6. The molecule has 1 aromatic carbocycles. The quantitative estimate of drug-likeness (QED) is 0.799. The lowest BCUT2D eigenvalue weighted by Gasteiger charge is -2.36. The molecule has 0 aliphatic carbocycles. The first-order valence-corrected chi connectivity index (χ1v) is 6.72. The van der Waals surface area contributed by atoms with Crippen LogP contribution in [0.1, 0.15) is 13.8 Å². The molecule has 1 aliphatic rings. The molecule has 0 aromatic heterocycles. The van der Waals surface area contributed by atoms with Crippen LogP contribution in [0.2, 0.25) is 0 Å². The number of rotatable bonds is 2. The van der Waals surface area contributed by atoms with E-state index in [1.807, 2.05) is 17.0 Å². The van der Waals surface area contributed by atoms with Gasteiger partial charge in [-0.2, -0.15) is 0 Å². The number of nitrogens with zero attached hydrogens (tertiary/aromatic N) is 2. The number of hydrogen-bond donors (Lipinski definition) is 2. The van der Waals surface area contributed by atoms with Gasteiger partial charge in [0, 0.05) is 43.6 Å². The third-order valence-corrected chi connectivity index (χ3v) is 3.47. The first-order chi connectivity index (χ1) is 9.06. The Morgan fingerprint density at radius 1 is 1.26 bits per heavy atom. The third-order valence-electron chi connectivity index (χ3n) is 3.47. The number of benzene rings is 1. The van der Waals surface area contributed by atoms with Crippen molar-refractivity contribution in [2.45, 2.75) is 19.9 Å². The average molecular weight is 262 g/mol. The Balaban J connectivity index is 1.88. The van der Waals surface area contributed by atoms with Gasteiger partial charge in [0.2, 0.25) is 0 Å². The van der Waals surface area contributed by atoms with Gasteiger partial charge in [-0.15, -0.1) is 0 Å². The van der Waals surface area contributed by atoms with Crippen molar-refractivity contribution in [3.05, 3.63) is 24.3 Å². The van der Waals surface area contributed by atoms with Gasteiger partial charge in [0.25, 0.3) is 0 Å². The molecule has 1 aromatic rings. The van der Waals surface area contributed by atoms with Gasteiger partial charge in [-0.3, -0.25) is 4.90 Å². The summed E-state index contributed by atoms with van der Waals surface area (Å²) in [5.74, 6) is 0. The summed E-state index contributed by atoms with van der Waals surface area (Å²) in [6, 6.07) is 7.74. The molecule has 0 atom stereocenters. The molecule has 2 amide bonds. The van der Waals surface area contributed by atoms with Gasteiger partial charge in [-0.1, -0.05) is 6.07 Å². The molecule has 19 heavy (non-hydrogen) atoms. The first-order valence-electron chi connectivity index (χ1n) is 6.72. The standard InChI is InChI=1S/C14H22N4O/c1-11(2)17-6-8-18(9-7-17)14(19)16-13-5-3-4-12(15)10-13/h3-5,10-11H,6-9,15H2,1-2H3,(H,16,19). The van der Waals surface area contributed by atoms with E-state index in [0.717, 1.165) is 31.9 Å². The molecule has 5 nitrogen and oxygen atoms in total. The van der Waals surface area contributed by atoms with Gasteiger partial charge in [-0.25, -0.2) is 4.79 Å². The van der Waals surface area contributed by atoms with E-state index in [1.54, 1.807) is 12.1 Å². The van der Waals surface area contributed by atoms with Crippen LogP contribution in [-0.2, 0) is 0 Å². The Labute approximate surface area is 114 Å². The lowest BCUT2D eigenvalue weighted by molar-refractivity contribution is 0.125. The summed E-state index contributed by atoms with van der Waals surface area (Å²) in [4.78, 5) is 16.3. The van der Waals surface area contributed by atoms with Crippen LogP contribution >= 0.6 is 0 Å². The summed E-state index contributed by atoms with van der Waals surface area (Å²) in [6.45, 7) is 7.77. The van der Waals surface area contributed by atoms with E-state index in [2.05, 4.69) is 24.1 Å². The van der Waals surface area contributed by atoms with Gasteiger partial charge in [0.15, 0.2) is 0 Å². The molecule has 0 bridgehead atoms.